The molecule has 2 unspecified atom stereocenters. The second-order valence-electron chi connectivity index (χ2n) is 7.46. The highest BCUT2D eigenvalue weighted by atomic mass is 16.4. The van der Waals surface area contributed by atoms with E-state index >= 15 is 0 Å². The third-order valence-corrected chi connectivity index (χ3v) is 5.49. The molecule has 5 nitrogen and oxygen atoms in total. The Morgan fingerprint density at radius 1 is 1.19 bits per heavy atom. The number of fused-ring (bicyclic) bond motifs is 1. The fraction of sp³-hybridized carbons (Fsp3) is 0.429. The van der Waals surface area contributed by atoms with E-state index in [0.717, 1.165) is 22.8 Å². The molecule has 5 heteroatoms. The lowest BCUT2D eigenvalue weighted by Gasteiger charge is -2.37. The number of nitrogens with zero attached hydrogens (tertiary/aromatic N) is 1. The van der Waals surface area contributed by atoms with Gasteiger partial charge in [0, 0.05) is 19.5 Å². The van der Waals surface area contributed by atoms with Crippen molar-refractivity contribution >= 4 is 22.6 Å². The number of rotatable bonds is 6. The molecule has 1 aliphatic heterocycles. The largest absolute Gasteiger partial charge is 0.480 e. The highest BCUT2D eigenvalue weighted by Gasteiger charge is 2.38. The third kappa shape index (κ3) is 3.58. The molecule has 2 fully saturated rings. The molecule has 1 saturated carbocycles. The minimum Gasteiger partial charge on any atom is -0.480 e. The zero-order valence-electron chi connectivity index (χ0n) is 14.7. The van der Waals surface area contributed by atoms with E-state index in [-0.39, 0.29) is 11.9 Å². The molecule has 0 aromatic heterocycles. The summed E-state index contributed by atoms with van der Waals surface area (Å²) in [5.41, 5.74) is 0.946. The van der Waals surface area contributed by atoms with Gasteiger partial charge in [0.15, 0.2) is 0 Å². The Hall–Kier alpha value is -2.40. The lowest BCUT2D eigenvalue weighted by Crippen LogP contribution is -2.60. The van der Waals surface area contributed by atoms with Crippen LogP contribution in [0.5, 0.6) is 0 Å². The zero-order chi connectivity index (χ0) is 18.1. The molecule has 0 spiro atoms. The molecule has 2 aliphatic rings. The molecule has 26 heavy (non-hydrogen) atoms. The minimum absolute atomic E-state index is 0.0589. The number of carboxylic acid groups (broad SMARTS) is 1. The number of piperazine rings is 1. The van der Waals surface area contributed by atoms with Crippen LogP contribution in [0, 0.1) is 5.92 Å². The van der Waals surface area contributed by atoms with Gasteiger partial charge in [0.05, 0.1) is 6.04 Å². The molecule has 4 rings (SSSR count). The van der Waals surface area contributed by atoms with E-state index in [4.69, 9.17) is 0 Å². The van der Waals surface area contributed by atoms with Crippen LogP contribution < -0.4 is 5.32 Å². The first-order valence-electron chi connectivity index (χ1n) is 9.36. The van der Waals surface area contributed by atoms with Crippen LogP contribution in [0.3, 0.4) is 0 Å². The SMILES string of the molecule is O=C(O)C(Cc1ccc2ccccc2c1)N1CCNC(CC2CC2)C1=O. The van der Waals surface area contributed by atoms with Crippen molar-refractivity contribution in [2.45, 2.75) is 37.8 Å². The van der Waals surface area contributed by atoms with Gasteiger partial charge in [0.2, 0.25) is 5.91 Å². The first-order chi connectivity index (χ1) is 12.6. The summed E-state index contributed by atoms with van der Waals surface area (Å²) >= 11 is 0. The number of carbonyl (C=O) groups excluding carboxylic acids is 1. The Balaban J connectivity index is 1.54. The molecule has 136 valence electrons. The number of hydrogen-bond acceptors (Lipinski definition) is 3. The highest BCUT2D eigenvalue weighted by Crippen LogP contribution is 2.34. The van der Waals surface area contributed by atoms with Gasteiger partial charge >= 0.3 is 5.97 Å². The van der Waals surface area contributed by atoms with E-state index in [9.17, 15) is 14.7 Å². The molecule has 0 radical (unpaired) electrons. The first kappa shape index (κ1) is 17.0. The molecule has 2 N–H and O–H groups in total. The number of amides is 1. The maximum Gasteiger partial charge on any atom is 0.326 e. The van der Waals surface area contributed by atoms with Gasteiger partial charge in [-0.2, -0.15) is 0 Å². The van der Waals surface area contributed by atoms with Crippen LogP contribution in [0.1, 0.15) is 24.8 Å². The number of carboxylic acids is 1. The monoisotopic (exact) mass is 352 g/mol. The molecule has 0 bridgehead atoms. The maximum absolute atomic E-state index is 12.8. The molecule has 2 atom stereocenters. The molecule has 2 aromatic carbocycles. The average molecular weight is 352 g/mol. The van der Waals surface area contributed by atoms with Crippen molar-refractivity contribution in [1.82, 2.24) is 10.2 Å². The van der Waals surface area contributed by atoms with E-state index in [0.29, 0.717) is 25.4 Å². The quantitative estimate of drug-likeness (QED) is 0.838. The standard InChI is InChI=1S/C21H24N2O3/c24-20-18(12-14-5-6-14)22-9-10-23(20)19(21(25)26)13-15-7-8-16-3-1-2-4-17(16)11-15/h1-4,7-8,11,14,18-19,22H,5-6,9-10,12-13H2,(H,25,26). The molecule has 1 amide bonds. The normalized spacial score (nSPS) is 21.8. The van der Waals surface area contributed by atoms with E-state index in [1.165, 1.54) is 12.8 Å². The van der Waals surface area contributed by atoms with Gasteiger partial charge in [-0.3, -0.25) is 4.79 Å². The molecule has 1 heterocycles. The molecule has 2 aromatic rings. The first-order valence-corrected chi connectivity index (χ1v) is 9.36. The van der Waals surface area contributed by atoms with Crippen molar-refractivity contribution in [2.24, 2.45) is 5.92 Å². The van der Waals surface area contributed by atoms with Crippen molar-refractivity contribution in [1.29, 1.82) is 0 Å². The summed E-state index contributed by atoms with van der Waals surface area (Å²) in [6.07, 6.45) is 3.54. The van der Waals surface area contributed by atoms with Crippen LogP contribution >= 0.6 is 0 Å². The van der Waals surface area contributed by atoms with Gasteiger partial charge < -0.3 is 15.3 Å². The van der Waals surface area contributed by atoms with Gasteiger partial charge in [-0.05, 0) is 28.7 Å². The zero-order valence-corrected chi connectivity index (χ0v) is 14.7. The van der Waals surface area contributed by atoms with Gasteiger partial charge in [-0.1, -0.05) is 55.3 Å². The van der Waals surface area contributed by atoms with Gasteiger partial charge in [0.25, 0.3) is 0 Å². The Morgan fingerprint density at radius 2 is 1.96 bits per heavy atom. The fourth-order valence-corrected chi connectivity index (χ4v) is 3.86. The Bertz CT molecular complexity index is 831. The van der Waals surface area contributed by atoms with Crippen LogP contribution in [0.25, 0.3) is 10.8 Å². The van der Waals surface area contributed by atoms with Crippen molar-refractivity contribution in [3.8, 4) is 0 Å². The van der Waals surface area contributed by atoms with E-state index in [1.54, 1.807) is 4.90 Å². The van der Waals surface area contributed by atoms with Crippen LogP contribution in [0.15, 0.2) is 42.5 Å². The topological polar surface area (TPSA) is 69.6 Å². The summed E-state index contributed by atoms with van der Waals surface area (Å²) in [5, 5.41) is 15.3. The Labute approximate surface area is 153 Å². The summed E-state index contributed by atoms with van der Waals surface area (Å²) in [6.45, 7) is 1.11. The Kier molecular flexibility index (Phi) is 4.64. The highest BCUT2D eigenvalue weighted by molar-refractivity contribution is 5.88. The lowest BCUT2D eigenvalue weighted by atomic mass is 9.98. The average Bonchev–Trinajstić information content (AvgIpc) is 3.45. The number of nitrogens with one attached hydrogen (secondary N) is 1. The van der Waals surface area contributed by atoms with Gasteiger partial charge in [-0.25, -0.2) is 4.79 Å². The predicted molar refractivity (Wildman–Crippen MR) is 99.9 cm³/mol. The minimum atomic E-state index is -0.932. The second kappa shape index (κ2) is 7.08. The van der Waals surface area contributed by atoms with E-state index in [1.807, 2.05) is 42.5 Å². The molecule has 1 aliphatic carbocycles. The summed E-state index contributed by atoms with van der Waals surface area (Å²) in [4.78, 5) is 26.3. The number of carbonyl (C=O) groups is 2. The third-order valence-electron chi connectivity index (χ3n) is 5.49. The Morgan fingerprint density at radius 3 is 2.69 bits per heavy atom. The summed E-state index contributed by atoms with van der Waals surface area (Å²) in [7, 11) is 0. The number of benzene rings is 2. The molecule has 1 saturated heterocycles. The summed E-state index contributed by atoms with van der Waals surface area (Å²) in [6, 6.07) is 13.0. The van der Waals surface area contributed by atoms with E-state index in [2.05, 4.69) is 5.32 Å². The van der Waals surface area contributed by atoms with Crippen LogP contribution in [0.4, 0.5) is 0 Å². The molecular weight excluding hydrogens is 328 g/mol. The van der Waals surface area contributed by atoms with Crippen molar-refractivity contribution in [3.05, 3.63) is 48.0 Å². The lowest BCUT2D eigenvalue weighted by molar-refractivity contribution is -0.152. The van der Waals surface area contributed by atoms with Crippen LogP contribution in [0.2, 0.25) is 0 Å². The molecular formula is C21H24N2O3. The van der Waals surface area contributed by atoms with Crippen molar-refractivity contribution in [2.75, 3.05) is 13.1 Å². The van der Waals surface area contributed by atoms with Crippen LogP contribution in [-0.4, -0.2) is 47.1 Å². The summed E-state index contributed by atoms with van der Waals surface area (Å²) < 4.78 is 0. The maximum atomic E-state index is 12.8. The number of aliphatic carboxylic acids is 1. The smallest absolute Gasteiger partial charge is 0.326 e. The fourth-order valence-electron chi connectivity index (χ4n) is 3.86. The number of hydrogen-bond donors (Lipinski definition) is 2. The van der Waals surface area contributed by atoms with Gasteiger partial charge in [0.1, 0.15) is 6.04 Å². The van der Waals surface area contributed by atoms with Gasteiger partial charge in [-0.15, -0.1) is 0 Å². The van der Waals surface area contributed by atoms with Crippen LogP contribution in [-0.2, 0) is 16.0 Å². The second-order valence-corrected chi connectivity index (χ2v) is 7.46. The summed E-state index contributed by atoms with van der Waals surface area (Å²) in [5.74, 6) is -0.366. The van der Waals surface area contributed by atoms with E-state index < -0.39 is 12.0 Å². The van der Waals surface area contributed by atoms with Crippen molar-refractivity contribution < 1.29 is 14.7 Å². The predicted octanol–water partition coefficient (Wildman–Crippen LogP) is 2.44. The van der Waals surface area contributed by atoms with Crippen molar-refractivity contribution in [3.63, 3.8) is 0 Å².